The van der Waals surface area contributed by atoms with E-state index < -0.39 is 0 Å². The highest BCUT2D eigenvalue weighted by molar-refractivity contribution is 7.99. The molecule has 41 heavy (non-hydrogen) atoms. The van der Waals surface area contributed by atoms with Crippen LogP contribution in [0.15, 0.2) is 0 Å². The summed E-state index contributed by atoms with van der Waals surface area (Å²) in [6, 6.07) is 0. The number of thioether (sulfide) groups is 1. The Morgan fingerprint density at radius 1 is 0.195 bits per heavy atom. The Hall–Kier alpha value is 0.350. The van der Waals surface area contributed by atoms with Crippen molar-refractivity contribution in [3.8, 4) is 0 Å². The minimum Gasteiger partial charge on any atom is -0.162 e. The van der Waals surface area contributed by atoms with Crippen molar-refractivity contribution in [1.82, 2.24) is 0 Å². The normalized spacial score (nSPS) is 11.6. The molecular formula is C40H82S. The van der Waals surface area contributed by atoms with Gasteiger partial charge in [-0.05, 0) is 24.3 Å². The summed E-state index contributed by atoms with van der Waals surface area (Å²) < 4.78 is 0. The van der Waals surface area contributed by atoms with E-state index in [9.17, 15) is 0 Å². The molecule has 0 aromatic carbocycles. The van der Waals surface area contributed by atoms with E-state index in [-0.39, 0.29) is 0 Å². The molecule has 0 radical (unpaired) electrons. The van der Waals surface area contributed by atoms with Gasteiger partial charge in [0, 0.05) is 0 Å². The van der Waals surface area contributed by atoms with Gasteiger partial charge < -0.3 is 0 Å². The van der Waals surface area contributed by atoms with E-state index in [2.05, 4.69) is 25.6 Å². The highest BCUT2D eigenvalue weighted by Gasteiger charge is 1.97. The van der Waals surface area contributed by atoms with Crippen molar-refractivity contribution in [3.63, 3.8) is 0 Å². The van der Waals surface area contributed by atoms with Crippen LogP contribution in [0.3, 0.4) is 0 Å². The third-order valence-electron chi connectivity index (χ3n) is 9.28. The van der Waals surface area contributed by atoms with Crippen molar-refractivity contribution in [3.05, 3.63) is 0 Å². The van der Waals surface area contributed by atoms with Crippen LogP contribution in [0.25, 0.3) is 0 Å². The first-order chi connectivity index (χ1) is 20.4. The van der Waals surface area contributed by atoms with Crippen molar-refractivity contribution >= 4 is 11.8 Å². The molecule has 0 saturated heterocycles. The molecule has 0 fully saturated rings. The monoisotopic (exact) mass is 595 g/mol. The Morgan fingerprint density at radius 3 is 0.512 bits per heavy atom. The van der Waals surface area contributed by atoms with Crippen LogP contribution in [0.5, 0.6) is 0 Å². The molecule has 0 N–H and O–H groups in total. The summed E-state index contributed by atoms with van der Waals surface area (Å²) >= 11 is 2.23. The third kappa shape index (κ3) is 40.4. The van der Waals surface area contributed by atoms with Crippen LogP contribution >= 0.6 is 11.8 Å². The van der Waals surface area contributed by atoms with Gasteiger partial charge in [0.2, 0.25) is 0 Å². The molecule has 0 amide bonds. The molecule has 0 atom stereocenters. The minimum atomic E-state index is 1.37. The Morgan fingerprint density at radius 2 is 0.341 bits per heavy atom. The SMILES string of the molecule is CCCCCCCCCCCCCCCCCCCCSCCCCCCCCCCCCCCCCCCCC. The number of hydrogen-bond acceptors (Lipinski definition) is 1. The molecule has 0 unspecified atom stereocenters. The van der Waals surface area contributed by atoms with Gasteiger partial charge in [-0.1, -0.05) is 232 Å². The molecule has 0 aromatic heterocycles. The highest BCUT2D eigenvalue weighted by atomic mass is 32.2. The van der Waals surface area contributed by atoms with Crippen molar-refractivity contribution < 1.29 is 0 Å². The van der Waals surface area contributed by atoms with Crippen molar-refractivity contribution in [1.29, 1.82) is 0 Å². The van der Waals surface area contributed by atoms with Gasteiger partial charge >= 0.3 is 0 Å². The molecule has 0 rings (SSSR count). The summed E-state index contributed by atoms with van der Waals surface area (Å²) in [7, 11) is 0. The maximum absolute atomic E-state index is 2.31. The van der Waals surface area contributed by atoms with E-state index in [1.165, 1.54) is 243 Å². The number of rotatable bonds is 38. The third-order valence-corrected chi connectivity index (χ3v) is 10.4. The first-order valence-electron chi connectivity index (χ1n) is 20.0. The average Bonchev–Trinajstić information content (AvgIpc) is 2.98. The highest BCUT2D eigenvalue weighted by Crippen LogP contribution is 2.17. The average molecular weight is 595 g/mol. The topological polar surface area (TPSA) is 0 Å². The molecular weight excluding hydrogens is 513 g/mol. The second-order valence-electron chi connectivity index (χ2n) is 13.6. The van der Waals surface area contributed by atoms with Gasteiger partial charge in [-0.15, -0.1) is 0 Å². The molecule has 0 aliphatic heterocycles. The van der Waals surface area contributed by atoms with Crippen molar-refractivity contribution in [2.24, 2.45) is 0 Å². The molecule has 0 aromatic rings. The standard InChI is InChI=1S/C40H82S/c1-3-5-7-9-11-13-15-17-19-21-23-25-27-29-31-33-35-37-39-41-40-38-36-34-32-30-28-26-24-22-20-18-16-14-12-10-8-6-4-2/h3-40H2,1-2H3. The largest absolute Gasteiger partial charge is 0.162 e. The lowest BCUT2D eigenvalue weighted by atomic mass is 10.0. The molecule has 0 bridgehead atoms. The molecule has 0 aliphatic carbocycles. The lowest BCUT2D eigenvalue weighted by molar-refractivity contribution is 0.526. The molecule has 248 valence electrons. The number of unbranched alkanes of at least 4 members (excludes halogenated alkanes) is 34. The Balaban J connectivity index is 3.02. The quantitative estimate of drug-likeness (QED) is 0.0641. The Labute approximate surface area is 267 Å². The zero-order chi connectivity index (χ0) is 29.6. The predicted molar refractivity (Wildman–Crippen MR) is 195 cm³/mol. The van der Waals surface area contributed by atoms with Crippen LogP contribution in [0.4, 0.5) is 0 Å². The van der Waals surface area contributed by atoms with Crippen LogP contribution in [0, 0.1) is 0 Å². The van der Waals surface area contributed by atoms with Crippen LogP contribution in [-0.2, 0) is 0 Å². The van der Waals surface area contributed by atoms with Crippen LogP contribution in [-0.4, -0.2) is 11.5 Å². The van der Waals surface area contributed by atoms with Gasteiger partial charge in [0.25, 0.3) is 0 Å². The van der Waals surface area contributed by atoms with Crippen LogP contribution < -0.4 is 0 Å². The zero-order valence-electron chi connectivity index (χ0n) is 29.3. The smallest absolute Gasteiger partial charge is 0.00675 e. The van der Waals surface area contributed by atoms with Gasteiger partial charge in [-0.25, -0.2) is 0 Å². The van der Waals surface area contributed by atoms with Crippen molar-refractivity contribution in [2.75, 3.05) is 11.5 Å². The molecule has 1 heteroatoms. The number of hydrogen-bond donors (Lipinski definition) is 0. The summed E-state index contributed by atoms with van der Waals surface area (Å²) in [6.45, 7) is 4.62. The first kappa shape index (κ1) is 41.4. The minimum absolute atomic E-state index is 1.37. The zero-order valence-corrected chi connectivity index (χ0v) is 30.1. The molecule has 0 heterocycles. The summed E-state index contributed by atoms with van der Waals surface area (Å²) in [5.41, 5.74) is 0. The summed E-state index contributed by atoms with van der Waals surface area (Å²) in [6.07, 6.45) is 53.2. The van der Waals surface area contributed by atoms with E-state index in [1.807, 2.05) is 0 Å². The van der Waals surface area contributed by atoms with Crippen LogP contribution in [0.1, 0.15) is 245 Å². The van der Waals surface area contributed by atoms with Crippen LogP contribution in [0.2, 0.25) is 0 Å². The molecule has 0 nitrogen and oxygen atoms in total. The fourth-order valence-electron chi connectivity index (χ4n) is 6.31. The van der Waals surface area contributed by atoms with E-state index in [4.69, 9.17) is 0 Å². The second kappa shape index (κ2) is 40.4. The fourth-order valence-corrected chi connectivity index (χ4v) is 7.33. The summed E-state index contributed by atoms with van der Waals surface area (Å²) in [5, 5.41) is 0. The first-order valence-corrected chi connectivity index (χ1v) is 21.1. The van der Waals surface area contributed by atoms with E-state index in [0.29, 0.717) is 0 Å². The Bertz CT molecular complexity index is 381. The maximum atomic E-state index is 2.31. The van der Waals surface area contributed by atoms with Gasteiger partial charge in [0.1, 0.15) is 0 Å². The van der Waals surface area contributed by atoms with Gasteiger partial charge in [0.15, 0.2) is 0 Å². The van der Waals surface area contributed by atoms with Gasteiger partial charge in [-0.3, -0.25) is 0 Å². The summed E-state index contributed by atoms with van der Waals surface area (Å²) in [4.78, 5) is 0. The summed E-state index contributed by atoms with van der Waals surface area (Å²) in [5.74, 6) is 2.83. The maximum Gasteiger partial charge on any atom is -0.00675 e. The predicted octanol–water partition coefficient (Wildman–Crippen LogP) is 15.8. The van der Waals surface area contributed by atoms with E-state index in [0.717, 1.165) is 0 Å². The van der Waals surface area contributed by atoms with Crippen molar-refractivity contribution in [2.45, 2.75) is 245 Å². The lowest BCUT2D eigenvalue weighted by Gasteiger charge is -2.05. The van der Waals surface area contributed by atoms with Gasteiger partial charge in [0.05, 0.1) is 0 Å². The Kier molecular flexibility index (Phi) is 40.7. The lowest BCUT2D eigenvalue weighted by Crippen LogP contribution is -1.87. The molecule has 0 aliphatic rings. The second-order valence-corrected chi connectivity index (χ2v) is 14.9. The van der Waals surface area contributed by atoms with Gasteiger partial charge in [-0.2, -0.15) is 11.8 Å². The molecule has 0 saturated carbocycles. The fraction of sp³-hybridized carbons (Fsp3) is 1.00. The molecule has 0 spiro atoms. The van der Waals surface area contributed by atoms with E-state index >= 15 is 0 Å². The van der Waals surface area contributed by atoms with E-state index in [1.54, 1.807) is 0 Å².